The molecule has 1 fully saturated rings. The molecule has 0 spiro atoms. The number of benzene rings is 3. The highest BCUT2D eigenvalue weighted by molar-refractivity contribution is 7.91. The van der Waals surface area contributed by atoms with Crippen LogP contribution in [0.2, 0.25) is 0 Å². The monoisotopic (exact) mass is 559 g/mol. The molecule has 0 saturated carbocycles. The first-order valence-electron chi connectivity index (χ1n) is 11.9. The molecule has 3 aromatic carbocycles. The lowest BCUT2D eigenvalue weighted by Gasteiger charge is -2.35. The van der Waals surface area contributed by atoms with Crippen molar-refractivity contribution in [3.05, 3.63) is 95.6 Å². The molecule has 3 amide bonds. The van der Waals surface area contributed by atoms with Crippen molar-refractivity contribution < 1.29 is 36.0 Å². The molecule has 1 heterocycles. The summed E-state index contributed by atoms with van der Waals surface area (Å²) in [4.78, 5) is 40.6. The Morgan fingerprint density at radius 3 is 1.90 bits per heavy atom. The predicted molar refractivity (Wildman–Crippen MR) is 135 cm³/mol. The van der Waals surface area contributed by atoms with E-state index < -0.39 is 44.9 Å². The first-order chi connectivity index (χ1) is 18.5. The van der Waals surface area contributed by atoms with E-state index >= 15 is 0 Å². The van der Waals surface area contributed by atoms with Crippen LogP contribution in [0.5, 0.6) is 0 Å². The van der Waals surface area contributed by atoms with E-state index in [0.29, 0.717) is 0 Å². The Bertz CT molecular complexity index is 1470. The van der Waals surface area contributed by atoms with Crippen molar-refractivity contribution in [2.45, 2.75) is 16.0 Å². The van der Waals surface area contributed by atoms with Crippen molar-refractivity contribution in [1.29, 1.82) is 0 Å². The molecule has 8 nitrogen and oxygen atoms in total. The van der Waals surface area contributed by atoms with E-state index in [1.165, 1.54) is 58.3 Å². The van der Waals surface area contributed by atoms with Gasteiger partial charge in [0.2, 0.25) is 15.7 Å². The van der Waals surface area contributed by atoms with Gasteiger partial charge in [0, 0.05) is 31.7 Å². The highest BCUT2D eigenvalue weighted by Crippen LogP contribution is 2.32. The van der Waals surface area contributed by atoms with E-state index in [0.717, 1.165) is 12.1 Å². The van der Waals surface area contributed by atoms with Crippen LogP contribution in [-0.2, 0) is 20.8 Å². The summed E-state index contributed by atoms with van der Waals surface area (Å²) in [6.07, 6.45) is -4.67. The lowest BCUT2D eigenvalue weighted by molar-refractivity contribution is -0.138. The second-order valence-electron chi connectivity index (χ2n) is 8.74. The van der Waals surface area contributed by atoms with Gasteiger partial charge in [-0.25, -0.2) is 8.42 Å². The molecule has 12 heteroatoms. The molecule has 3 aromatic rings. The molecule has 39 heavy (non-hydrogen) atoms. The van der Waals surface area contributed by atoms with Gasteiger partial charge in [0.25, 0.3) is 11.8 Å². The summed E-state index contributed by atoms with van der Waals surface area (Å²) in [5.74, 6) is -1.76. The fraction of sp³-hybridized carbons (Fsp3) is 0.222. The lowest BCUT2D eigenvalue weighted by Crippen LogP contribution is -2.52. The number of hydrogen-bond donors (Lipinski definition) is 1. The zero-order valence-corrected chi connectivity index (χ0v) is 21.3. The van der Waals surface area contributed by atoms with Crippen LogP contribution in [0.1, 0.15) is 26.3 Å². The fourth-order valence-corrected chi connectivity index (χ4v) is 5.42. The molecule has 0 aromatic heterocycles. The minimum Gasteiger partial charge on any atom is -0.343 e. The molecule has 1 saturated heterocycles. The van der Waals surface area contributed by atoms with Gasteiger partial charge in [0.05, 0.1) is 27.5 Å². The van der Waals surface area contributed by atoms with Crippen molar-refractivity contribution in [1.82, 2.24) is 15.1 Å². The van der Waals surface area contributed by atoms with Gasteiger partial charge in [0.15, 0.2) is 0 Å². The summed E-state index contributed by atoms with van der Waals surface area (Å²) in [5, 5.41) is 2.48. The van der Waals surface area contributed by atoms with E-state index in [4.69, 9.17) is 0 Å². The minimum atomic E-state index is -4.67. The van der Waals surface area contributed by atoms with E-state index in [1.54, 1.807) is 18.2 Å². The van der Waals surface area contributed by atoms with Crippen LogP contribution >= 0.6 is 0 Å². The lowest BCUT2D eigenvalue weighted by atomic mass is 10.1. The number of carbonyl (C=O) groups is 3. The molecular weight excluding hydrogens is 535 g/mol. The minimum absolute atomic E-state index is 0.0200. The van der Waals surface area contributed by atoms with Gasteiger partial charge in [0.1, 0.15) is 0 Å². The van der Waals surface area contributed by atoms with E-state index in [-0.39, 0.29) is 48.1 Å². The summed E-state index contributed by atoms with van der Waals surface area (Å²) >= 11 is 0. The first-order valence-corrected chi connectivity index (χ1v) is 13.4. The Hall–Kier alpha value is -4.19. The topological polar surface area (TPSA) is 104 Å². The van der Waals surface area contributed by atoms with Gasteiger partial charge in [-0.2, -0.15) is 13.2 Å². The number of rotatable bonds is 6. The maximum Gasteiger partial charge on any atom is 0.417 e. The average molecular weight is 560 g/mol. The number of nitrogens with zero attached hydrogens (tertiary/aromatic N) is 2. The van der Waals surface area contributed by atoms with Crippen LogP contribution in [0.25, 0.3) is 0 Å². The van der Waals surface area contributed by atoms with Crippen molar-refractivity contribution in [3.8, 4) is 0 Å². The molecule has 0 aliphatic carbocycles. The first kappa shape index (κ1) is 27.8. The summed E-state index contributed by atoms with van der Waals surface area (Å²) in [6, 6.07) is 17.7. The van der Waals surface area contributed by atoms with E-state index in [2.05, 4.69) is 5.32 Å². The van der Waals surface area contributed by atoms with E-state index in [1.807, 2.05) is 0 Å². The third kappa shape index (κ3) is 6.28. The maximum absolute atomic E-state index is 13.3. The van der Waals surface area contributed by atoms with Crippen molar-refractivity contribution in [3.63, 3.8) is 0 Å². The number of hydrogen-bond acceptors (Lipinski definition) is 5. The van der Waals surface area contributed by atoms with E-state index in [9.17, 15) is 36.0 Å². The zero-order valence-electron chi connectivity index (χ0n) is 20.5. The number of sulfone groups is 1. The number of carbonyl (C=O) groups excluding carboxylic acids is 3. The molecule has 204 valence electrons. The average Bonchev–Trinajstić information content (AvgIpc) is 2.95. The number of amides is 3. The van der Waals surface area contributed by atoms with Crippen molar-refractivity contribution >= 4 is 27.6 Å². The molecule has 1 aliphatic heterocycles. The third-order valence-electron chi connectivity index (χ3n) is 6.26. The van der Waals surface area contributed by atoms with Crippen molar-refractivity contribution in [2.24, 2.45) is 0 Å². The van der Waals surface area contributed by atoms with Crippen LogP contribution < -0.4 is 5.32 Å². The van der Waals surface area contributed by atoms with Gasteiger partial charge in [-0.15, -0.1) is 0 Å². The van der Waals surface area contributed by atoms with Gasteiger partial charge in [-0.1, -0.05) is 30.3 Å². The van der Waals surface area contributed by atoms with Crippen LogP contribution in [0.3, 0.4) is 0 Å². The number of halogens is 3. The second-order valence-corrected chi connectivity index (χ2v) is 10.7. The molecule has 0 bridgehead atoms. The maximum atomic E-state index is 13.3. The summed E-state index contributed by atoms with van der Waals surface area (Å²) in [7, 11) is -3.74. The summed E-state index contributed by atoms with van der Waals surface area (Å²) < 4.78 is 65.2. The normalized spacial score (nSPS) is 14.1. The standard InChI is InChI=1S/C27H24F3N3O5S/c28-27(29,30)23-9-5-4-8-22(23)26(36)33-16-14-32(15-17-33)24(34)18-31-25(35)19-10-12-21(13-11-19)39(37,38)20-6-2-1-3-7-20/h1-13H,14-18H2,(H,31,35). The molecular formula is C27H24F3N3O5S. The van der Waals surface area contributed by atoms with Crippen LogP contribution in [0, 0.1) is 0 Å². The number of nitrogens with one attached hydrogen (secondary N) is 1. The molecule has 1 aliphatic rings. The molecule has 1 N–H and O–H groups in total. The fourth-order valence-electron chi connectivity index (χ4n) is 4.14. The van der Waals surface area contributed by atoms with Gasteiger partial charge < -0.3 is 15.1 Å². The van der Waals surface area contributed by atoms with Crippen LogP contribution in [-0.4, -0.2) is 68.7 Å². The van der Waals surface area contributed by atoms with Gasteiger partial charge in [-0.05, 0) is 48.5 Å². The van der Waals surface area contributed by atoms with Crippen LogP contribution in [0.4, 0.5) is 13.2 Å². The smallest absolute Gasteiger partial charge is 0.343 e. The predicted octanol–water partition coefficient (Wildman–Crippen LogP) is 3.25. The summed E-state index contributed by atoms with van der Waals surface area (Å²) in [6.45, 7) is -0.0563. The number of alkyl halides is 3. The summed E-state index contributed by atoms with van der Waals surface area (Å²) in [5.41, 5.74) is -1.30. The molecule has 4 rings (SSSR count). The zero-order chi connectivity index (χ0) is 28.2. The van der Waals surface area contributed by atoms with Crippen molar-refractivity contribution in [2.75, 3.05) is 32.7 Å². The second kappa shape index (κ2) is 11.3. The molecule has 0 radical (unpaired) electrons. The molecule has 0 atom stereocenters. The van der Waals surface area contributed by atoms with Crippen LogP contribution in [0.15, 0.2) is 88.7 Å². The Morgan fingerprint density at radius 1 is 0.744 bits per heavy atom. The number of piperazine rings is 1. The largest absolute Gasteiger partial charge is 0.417 e. The SMILES string of the molecule is O=C(NCC(=O)N1CCN(C(=O)c2ccccc2C(F)(F)F)CC1)c1ccc(S(=O)(=O)c2ccccc2)cc1. The quantitative estimate of drug-likeness (QED) is 0.500. The highest BCUT2D eigenvalue weighted by atomic mass is 32.2. The Balaban J connectivity index is 1.30. The highest BCUT2D eigenvalue weighted by Gasteiger charge is 2.36. The third-order valence-corrected chi connectivity index (χ3v) is 8.05. The Kier molecular flexibility index (Phi) is 8.05. The van der Waals surface area contributed by atoms with Gasteiger partial charge in [-0.3, -0.25) is 14.4 Å². The molecule has 0 unspecified atom stereocenters. The van der Waals surface area contributed by atoms with Gasteiger partial charge >= 0.3 is 6.18 Å². The Labute approximate surface area is 223 Å². The Morgan fingerprint density at radius 2 is 1.28 bits per heavy atom.